The van der Waals surface area contributed by atoms with Crippen molar-refractivity contribution in [1.29, 1.82) is 0 Å². The first-order chi connectivity index (χ1) is 19.8. The van der Waals surface area contributed by atoms with Gasteiger partial charge in [-0.25, -0.2) is 8.42 Å². The highest BCUT2D eigenvalue weighted by molar-refractivity contribution is 7.92. The molecule has 2 amide bonds. The van der Waals surface area contributed by atoms with Crippen LogP contribution in [0.25, 0.3) is 0 Å². The number of ether oxygens (including phenoxy) is 1. The lowest BCUT2D eigenvalue weighted by Gasteiger charge is -2.35. The molecule has 0 heterocycles. The Morgan fingerprint density at radius 3 is 2.12 bits per heavy atom. The maximum absolute atomic E-state index is 14.2. The number of nitrogens with one attached hydrogen (secondary N) is 1. The standard InChI is InChI=1S/C32H40ClN3O5S/c1-7-29(31(38)34-32(4,5)6)35(21-24-11-9-10-12-28(24)33)30(37)22-36(25-15-13-23(3)14-16-25)42(39,40)27-19-17-26(18-20-27)41-8-2/h9-20,29H,7-8,21-22H2,1-6H3,(H,34,38)/t29-/m0/s1. The Labute approximate surface area is 254 Å². The molecule has 226 valence electrons. The maximum atomic E-state index is 14.2. The van der Waals surface area contributed by atoms with Gasteiger partial charge in [0.1, 0.15) is 18.3 Å². The molecule has 0 radical (unpaired) electrons. The third-order valence-corrected chi connectivity index (χ3v) is 8.66. The summed E-state index contributed by atoms with van der Waals surface area (Å²) in [5.41, 5.74) is 1.38. The summed E-state index contributed by atoms with van der Waals surface area (Å²) in [5.74, 6) is -0.335. The molecule has 1 atom stereocenters. The fourth-order valence-corrected chi connectivity index (χ4v) is 6.03. The average Bonchev–Trinajstić information content (AvgIpc) is 2.92. The van der Waals surface area contributed by atoms with Gasteiger partial charge >= 0.3 is 0 Å². The van der Waals surface area contributed by atoms with E-state index in [1.807, 2.05) is 41.5 Å². The molecule has 0 aliphatic rings. The number of amides is 2. The molecule has 3 aromatic carbocycles. The Hall–Kier alpha value is -3.56. The van der Waals surface area contributed by atoms with Crippen molar-refractivity contribution in [2.24, 2.45) is 0 Å². The first-order valence-corrected chi connectivity index (χ1v) is 15.8. The van der Waals surface area contributed by atoms with Crippen LogP contribution < -0.4 is 14.4 Å². The number of sulfonamides is 1. The second kappa shape index (κ2) is 14.1. The topological polar surface area (TPSA) is 96.0 Å². The van der Waals surface area contributed by atoms with Crippen LogP contribution in [0, 0.1) is 6.92 Å². The van der Waals surface area contributed by atoms with E-state index in [1.54, 1.807) is 60.7 Å². The largest absolute Gasteiger partial charge is 0.494 e. The summed E-state index contributed by atoms with van der Waals surface area (Å²) in [6.07, 6.45) is 0.314. The molecule has 0 aliphatic carbocycles. The molecule has 0 saturated carbocycles. The summed E-state index contributed by atoms with van der Waals surface area (Å²) in [7, 11) is -4.19. The lowest BCUT2D eigenvalue weighted by molar-refractivity contribution is -0.141. The third kappa shape index (κ3) is 8.49. The lowest BCUT2D eigenvalue weighted by atomic mass is 10.1. The van der Waals surface area contributed by atoms with Crippen LogP contribution in [0.15, 0.2) is 77.7 Å². The summed E-state index contributed by atoms with van der Waals surface area (Å²) in [4.78, 5) is 29.0. The van der Waals surface area contributed by atoms with E-state index in [9.17, 15) is 18.0 Å². The second-order valence-electron chi connectivity index (χ2n) is 11.0. The first kappa shape index (κ1) is 32.9. The molecule has 0 aromatic heterocycles. The molecule has 8 nitrogen and oxygen atoms in total. The van der Waals surface area contributed by atoms with E-state index in [1.165, 1.54) is 17.0 Å². The number of carbonyl (C=O) groups is 2. The number of halogens is 1. The zero-order chi connectivity index (χ0) is 31.1. The van der Waals surface area contributed by atoms with Gasteiger partial charge in [0.2, 0.25) is 11.8 Å². The highest BCUT2D eigenvalue weighted by Crippen LogP contribution is 2.27. The maximum Gasteiger partial charge on any atom is 0.264 e. The van der Waals surface area contributed by atoms with Crippen LogP contribution in [0.3, 0.4) is 0 Å². The molecule has 1 N–H and O–H groups in total. The van der Waals surface area contributed by atoms with Crippen LogP contribution in [0.2, 0.25) is 5.02 Å². The van der Waals surface area contributed by atoms with Crippen LogP contribution in [-0.2, 0) is 26.2 Å². The van der Waals surface area contributed by atoms with Gasteiger partial charge in [0.15, 0.2) is 0 Å². The Balaban J connectivity index is 2.07. The van der Waals surface area contributed by atoms with Gasteiger partial charge in [0.25, 0.3) is 10.0 Å². The second-order valence-corrected chi connectivity index (χ2v) is 13.3. The van der Waals surface area contributed by atoms with E-state index in [-0.39, 0.29) is 17.3 Å². The Bertz CT molecular complexity index is 1470. The van der Waals surface area contributed by atoms with E-state index < -0.39 is 34.1 Å². The number of aryl methyl sites for hydroxylation is 1. The molecule has 0 aliphatic heterocycles. The van der Waals surface area contributed by atoms with Gasteiger partial charge in [-0.15, -0.1) is 0 Å². The summed E-state index contributed by atoms with van der Waals surface area (Å²) < 4.78 is 34.6. The van der Waals surface area contributed by atoms with Gasteiger partial charge in [-0.05, 0) is 89.1 Å². The number of benzene rings is 3. The minimum absolute atomic E-state index is 0.00880. The number of nitrogens with zero attached hydrogens (tertiary/aromatic N) is 2. The molecule has 3 aromatic rings. The monoisotopic (exact) mass is 613 g/mol. The van der Waals surface area contributed by atoms with Crippen molar-refractivity contribution in [2.45, 2.75) is 71.0 Å². The van der Waals surface area contributed by atoms with Crippen LogP contribution in [0.4, 0.5) is 5.69 Å². The van der Waals surface area contributed by atoms with E-state index in [4.69, 9.17) is 16.3 Å². The van der Waals surface area contributed by atoms with Crippen molar-refractivity contribution < 1.29 is 22.7 Å². The number of rotatable bonds is 12. The minimum atomic E-state index is -4.19. The van der Waals surface area contributed by atoms with Gasteiger partial charge in [-0.1, -0.05) is 54.4 Å². The van der Waals surface area contributed by atoms with Crippen LogP contribution in [0.1, 0.15) is 52.2 Å². The number of hydrogen-bond acceptors (Lipinski definition) is 5. The Kier molecular flexibility index (Phi) is 11.0. The quantitative estimate of drug-likeness (QED) is 0.272. The molecule has 42 heavy (non-hydrogen) atoms. The van der Waals surface area contributed by atoms with Crippen molar-refractivity contribution >= 4 is 39.1 Å². The Morgan fingerprint density at radius 1 is 0.952 bits per heavy atom. The normalized spacial score (nSPS) is 12.4. The minimum Gasteiger partial charge on any atom is -0.494 e. The van der Waals surface area contributed by atoms with Crippen LogP contribution >= 0.6 is 11.6 Å². The number of carbonyl (C=O) groups excluding carboxylic acids is 2. The molecule has 0 spiro atoms. The van der Waals surface area contributed by atoms with E-state index in [0.29, 0.717) is 35.1 Å². The number of anilines is 1. The fourth-order valence-electron chi connectivity index (χ4n) is 4.42. The number of hydrogen-bond donors (Lipinski definition) is 1. The fraction of sp³-hybridized carbons (Fsp3) is 0.375. The highest BCUT2D eigenvalue weighted by Gasteiger charge is 2.34. The zero-order valence-electron chi connectivity index (χ0n) is 25.1. The summed E-state index contributed by atoms with van der Waals surface area (Å²) >= 11 is 6.46. The molecule has 3 rings (SSSR count). The van der Waals surface area contributed by atoms with Crippen molar-refractivity contribution in [1.82, 2.24) is 10.2 Å². The summed E-state index contributed by atoms with van der Waals surface area (Å²) in [6.45, 7) is 11.1. The molecule has 0 bridgehead atoms. The average molecular weight is 614 g/mol. The van der Waals surface area contributed by atoms with Crippen molar-refractivity contribution in [3.63, 3.8) is 0 Å². The third-order valence-electron chi connectivity index (χ3n) is 6.51. The van der Waals surface area contributed by atoms with E-state index in [0.717, 1.165) is 9.87 Å². The van der Waals surface area contributed by atoms with Crippen LogP contribution in [-0.4, -0.2) is 49.9 Å². The first-order valence-electron chi connectivity index (χ1n) is 13.9. The van der Waals surface area contributed by atoms with Gasteiger partial charge < -0.3 is 15.0 Å². The van der Waals surface area contributed by atoms with Gasteiger partial charge in [0.05, 0.1) is 17.2 Å². The predicted molar refractivity (Wildman–Crippen MR) is 167 cm³/mol. The Morgan fingerprint density at radius 2 is 1.57 bits per heavy atom. The van der Waals surface area contributed by atoms with Crippen molar-refractivity contribution in [3.05, 3.63) is 88.9 Å². The zero-order valence-corrected chi connectivity index (χ0v) is 26.6. The molecular weight excluding hydrogens is 574 g/mol. The van der Waals surface area contributed by atoms with Crippen molar-refractivity contribution in [2.75, 3.05) is 17.5 Å². The smallest absolute Gasteiger partial charge is 0.264 e. The SMILES string of the molecule is CCOc1ccc(S(=O)(=O)N(CC(=O)N(Cc2ccccc2Cl)[C@@H](CC)C(=O)NC(C)(C)C)c2ccc(C)cc2)cc1. The molecule has 0 fully saturated rings. The summed E-state index contributed by atoms with van der Waals surface area (Å²) in [5, 5.41) is 3.40. The molecule has 0 unspecified atom stereocenters. The van der Waals surface area contributed by atoms with E-state index >= 15 is 0 Å². The van der Waals surface area contributed by atoms with Crippen molar-refractivity contribution in [3.8, 4) is 5.75 Å². The molecule has 10 heteroatoms. The molecular formula is C32H40ClN3O5S. The van der Waals surface area contributed by atoms with Gasteiger partial charge in [-0.2, -0.15) is 0 Å². The van der Waals surface area contributed by atoms with Gasteiger partial charge in [-0.3, -0.25) is 13.9 Å². The van der Waals surface area contributed by atoms with E-state index in [2.05, 4.69) is 5.32 Å². The predicted octanol–water partition coefficient (Wildman–Crippen LogP) is 5.96. The summed E-state index contributed by atoms with van der Waals surface area (Å²) in [6, 6.07) is 19.2. The van der Waals surface area contributed by atoms with Gasteiger partial charge in [0, 0.05) is 17.1 Å². The highest BCUT2D eigenvalue weighted by atomic mass is 35.5. The lowest BCUT2D eigenvalue weighted by Crippen LogP contribution is -2.55. The molecule has 0 saturated heterocycles. The van der Waals surface area contributed by atoms with Crippen LogP contribution in [0.5, 0.6) is 5.75 Å².